The van der Waals surface area contributed by atoms with Crippen LogP contribution in [0.4, 0.5) is 18.0 Å². The maximum Gasteiger partial charge on any atom is 0.416 e. The zero-order valence-corrected chi connectivity index (χ0v) is 16.2. The number of hydrogen-bond acceptors (Lipinski definition) is 3. The van der Waals surface area contributed by atoms with E-state index in [0.717, 1.165) is 17.5 Å². The van der Waals surface area contributed by atoms with Crippen LogP contribution in [0.3, 0.4) is 0 Å². The van der Waals surface area contributed by atoms with Gasteiger partial charge in [-0.05, 0) is 36.2 Å². The number of nitrogens with one attached hydrogen (secondary N) is 2. The molecule has 0 unspecified atom stereocenters. The number of benzene rings is 1. The first-order valence-corrected chi connectivity index (χ1v) is 9.27. The van der Waals surface area contributed by atoms with E-state index in [-0.39, 0.29) is 0 Å². The van der Waals surface area contributed by atoms with Gasteiger partial charge in [-0.3, -0.25) is 4.57 Å². The number of H-pyrrole nitrogens is 1. The van der Waals surface area contributed by atoms with E-state index in [0.29, 0.717) is 40.1 Å². The van der Waals surface area contributed by atoms with E-state index in [1.165, 1.54) is 24.0 Å². The summed E-state index contributed by atoms with van der Waals surface area (Å²) in [5, 5.41) is 3.28. The summed E-state index contributed by atoms with van der Waals surface area (Å²) in [6, 6.07) is 6.62. The molecule has 2 N–H and O–H groups in total. The molecule has 0 saturated carbocycles. The van der Waals surface area contributed by atoms with Crippen LogP contribution in [-0.2, 0) is 12.6 Å². The number of rotatable bonds is 3. The Labute approximate surface area is 169 Å². The Morgan fingerprint density at radius 1 is 1.20 bits per heavy atom. The average Bonchev–Trinajstić information content (AvgIpc) is 3.39. The maximum atomic E-state index is 13.3. The van der Waals surface area contributed by atoms with Gasteiger partial charge in [-0.1, -0.05) is 13.0 Å². The fourth-order valence-electron chi connectivity index (χ4n) is 3.49. The van der Waals surface area contributed by atoms with Crippen LogP contribution >= 0.6 is 0 Å². The summed E-state index contributed by atoms with van der Waals surface area (Å²) >= 11 is 0. The summed E-state index contributed by atoms with van der Waals surface area (Å²) in [6.45, 7) is 1.86. The molecule has 3 aromatic heterocycles. The monoisotopic (exact) mass is 413 g/mol. The summed E-state index contributed by atoms with van der Waals surface area (Å²) < 4.78 is 41.4. The van der Waals surface area contributed by atoms with Crippen LogP contribution in [0.2, 0.25) is 0 Å². The summed E-state index contributed by atoms with van der Waals surface area (Å²) in [5.74, 6) is 0. The topological polar surface area (TPSA) is 75.6 Å². The Morgan fingerprint density at radius 3 is 2.70 bits per heavy atom. The van der Waals surface area contributed by atoms with Gasteiger partial charge in [0, 0.05) is 36.0 Å². The van der Waals surface area contributed by atoms with E-state index in [1.807, 2.05) is 13.0 Å². The summed E-state index contributed by atoms with van der Waals surface area (Å²) in [5.41, 5.74) is 2.44. The standard InChI is InChI=1S/C21H18F3N5O/c1-3-12-4-5-14(21(22,23)24)9-16(12)17-8-13(10-29(17)20(30)25-2)18-15-6-7-26-19(15)28-11-27-18/h4-11H,3H2,1-2H3,(H,25,30)(H,26,27,28). The number of carbonyl (C=O) groups is 1. The van der Waals surface area contributed by atoms with Crippen LogP contribution < -0.4 is 5.32 Å². The van der Waals surface area contributed by atoms with Crippen molar-refractivity contribution in [3.8, 4) is 22.5 Å². The number of aryl methyl sites for hydroxylation is 1. The Bertz CT molecular complexity index is 1240. The second kappa shape index (κ2) is 7.33. The van der Waals surface area contributed by atoms with Crippen LogP contribution in [0.25, 0.3) is 33.5 Å². The summed E-state index contributed by atoms with van der Waals surface area (Å²) in [7, 11) is 1.47. The third kappa shape index (κ3) is 3.32. The quantitative estimate of drug-likeness (QED) is 0.504. The second-order valence-electron chi connectivity index (χ2n) is 6.72. The third-order valence-corrected chi connectivity index (χ3v) is 4.97. The van der Waals surface area contributed by atoms with Gasteiger partial charge in [0.05, 0.1) is 17.0 Å². The molecule has 0 fully saturated rings. The lowest BCUT2D eigenvalue weighted by molar-refractivity contribution is -0.137. The van der Waals surface area contributed by atoms with Gasteiger partial charge in [0.1, 0.15) is 12.0 Å². The molecule has 4 aromatic rings. The molecule has 30 heavy (non-hydrogen) atoms. The zero-order valence-electron chi connectivity index (χ0n) is 16.2. The highest BCUT2D eigenvalue weighted by molar-refractivity contribution is 5.93. The summed E-state index contributed by atoms with van der Waals surface area (Å²) in [6.07, 6.45) is 0.715. The summed E-state index contributed by atoms with van der Waals surface area (Å²) in [4.78, 5) is 24.0. The molecule has 9 heteroatoms. The minimum absolute atomic E-state index is 0.349. The predicted molar refractivity (Wildman–Crippen MR) is 107 cm³/mol. The molecular weight excluding hydrogens is 395 g/mol. The van der Waals surface area contributed by atoms with Crippen LogP contribution in [0, 0.1) is 0 Å². The number of carbonyl (C=O) groups excluding carboxylic acids is 1. The molecule has 4 rings (SSSR count). The Hall–Kier alpha value is -3.62. The van der Waals surface area contributed by atoms with Crippen molar-refractivity contribution in [1.29, 1.82) is 0 Å². The molecule has 1 aromatic carbocycles. The SMILES string of the molecule is CCc1ccc(C(F)(F)F)cc1-c1cc(-c2ncnc3[nH]ccc23)cn1C(=O)NC. The molecule has 154 valence electrons. The molecule has 0 aliphatic rings. The Morgan fingerprint density at radius 2 is 2.00 bits per heavy atom. The lowest BCUT2D eigenvalue weighted by Crippen LogP contribution is -2.24. The van der Waals surface area contributed by atoms with Crippen molar-refractivity contribution in [3.63, 3.8) is 0 Å². The number of alkyl halides is 3. The molecule has 0 saturated heterocycles. The maximum absolute atomic E-state index is 13.3. The minimum atomic E-state index is -4.49. The van der Waals surface area contributed by atoms with Crippen molar-refractivity contribution in [2.24, 2.45) is 0 Å². The highest BCUT2D eigenvalue weighted by Gasteiger charge is 2.31. The largest absolute Gasteiger partial charge is 0.416 e. The van der Waals surface area contributed by atoms with Gasteiger partial charge in [-0.2, -0.15) is 13.2 Å². The molecule has 0 atom stereocenters. The van der Waals surface area contributed by atoms with Gasteiger partial charge in [0.2, 0.25) is 0 Å². The number of amides is 1. The first kappa shape index (κ1) is 19.7. The number of halogens is 3. The molecule has 3 heterocycles. The number of hydrogen-bond donors (Lipinski definition) is 2. The molecular formula is C21H18F3N5O. The van der Waals surface area contributed by atoms with E-state index in [2.05, 4.69) is 20.3 Å². The first-order chi connectivity index (χ1) is 14.3. The lowest BCUT2D eigenvalue weighted by atomic mass is 9.98. The fourth-order valence-corrected chi connectivity index (χ4v) is 3.49. The lowest BCUT2D eigenvalue weighted by Gasteiger charge is -2.14. The minimum Gasteiger partial charge on any atom is -0.346 e. The predicted octanol–water partition coefficient (Wildman–Crippen LogP) is 4.86. The average molecular weight is 413 g/mol. The molecule has 0 aliphatic heterocycles. The van der Waals surface area contributed by atoms with E-state index in [1.54, 1.807) is 18.5 Å². The third-order valence-electron chi connectivity index (χ3n) is 4.97. The van der Waals surface area contributed by atoms with Crippen molar-refractivity contribution < 1.29 is 18.0 Å². The molecule has 0 bridgehead atoms. The van der Waals surface area contributed by atoms with Gasteiger partial charge < -0.3 is 10.3 Å². The highest BCUT2D eigenvalue weighted by Crippen LogP contribution is 2.37. The van der Waals surface area contributed by atoms with Crippen molar-refractivity contribution in [3.05, 3.63) is 60.2 Å². The Balaban J connectivity index is 1.97. The molecule has 6 nitrogen and oxygen atoms in total. The van der Waals surface area contributed by atoms with Gasteiger partial charge in [0.15, 0.2) is 0 Å². The molecule has 0 spiro atoms. The second-order valence-corrected chi connectivity index (χ2v) is 6.72. The van der Waals surface area contributed by atoms with E-state index >= 15 is 0 Å². The van der Waals surface area contributed by atoms with Gasteiger partial charge in [-0.25, -0.2) is 14.8 Å². The number of aromatic nitrogens is 4. The number of fused-ring (bicyclic) bond motifs is 1. The van der Waals surface area contributed by atoms with Crippen molar-refractivity contribution >= 4 is 17.1 Å². The van der Waals surface area contributed by atoms with Crippen molar-refractivity contribution in [2.75, 3.05) is 7.05 Å². The number of nitrogens with zero attached hydrogens (tertiary/aromatic N) is 3. The van der Waals surface area contributed by atoms with E-state index in [4.69, 9.17) is 0 Å². The van der Waals surface area contributed by atoms with Gasteiger partial charge in [0.25, 0.3) is 0 Å². The Kier molecular flexibility index (Phi) is 4.81. The normalized spacial score (nSPS) is 11.8. The van der Waals surface area contributed by atoms with E-state index in [9.17, 15) is 18.0 Å². The van der Waals surface area contributed by atoms with Crippen molar-refractivity contribution in [1.82, 2.24) is 24.8 Å². The van der Waals surface area contributed by atoms with Crippen LogP contribution in [0.1, 0.15) is 18.1 Å². The molecule has 0 radical (unpaired) electrons. The zero-order chi connectivity index (χ0) is 21.5. The molecule has 0 aliphatic carbocycles. The smallest absolute Gasteiger partial charge is 0.346 e. The van der Waals surface area contributed by atoms with Gasteiger partial charge >= 0.3 is 12.2 Å². The van der Waals surface area contributed by atoms with E-state index < -0.39 is 17.8 Å². The number of aromatic amines is 1. The highest BCUT2D eigenvalue weighted by atomic mass is 19.4. The van der Waals surface area contributed by atoms with Crippen molar-refractivity contribution in [2.45, 2.75) is 19.5 Å². The molecule has 1 amide bonds. The van der Waals surface area contributed by atoms with Crippen LogP contribution in [0.15, 0.2) is 49.1 Å². The first-order valence-electron chi connectivity index (χ1n) is 9.27. The van der Waals surface area contributed by atoms with Crippen LogP contribution in [-0.4, -0.2) is 32.6 Å². The van der Waals surface area contributed by atoms with Gasteiger partial charge in [-0.15, -0.1) is 0 Å². The fraction of sp³-hybridized carbons (Fsp3) is 0.190. The van der Waals surface area contributed by atoms with Crippen LogP contribution in [0.5, 0.6) is 0 Å².